The van der Waals surface area contributed by atoms with Gasteiger partial charge in [0.05, 0.1) is 12.6 Å². The van der Waals surface area contributed by atoms with Crippen LogP contribution in [0.4, 0.5) is 0 Å². The molecule has 0 bridgehead atoms. The Morgan fingerprint density at radius 3 is 3.18 bits per heavy atom. The molecule has 1 N–H and O–H groups in total. The van der Waals surface area contributed by atoms with Crippen molar-refractivity contribution in [2.75, 3.05) is 13.2 Å². The number of nitrogens with zero attached hydrogens (tertiary/aromatic N) is 3. The molecule has 5 heteroatoms. The largest absolute Gasteiger partial charge is 0.377 e. The van der Waals surface area contributed by atoms with Crippen LogP contribution in [-0.2, 0) is 24.2 Å². The monoisotopic (exact) mass is 236 g/mol. The molecule has 1 aromatic rings. The van der Waals surface area contributed by atoms with E-state index in [1.807, 2.05) is 0 Å². The lowest BCUT2D eigenvalue weighted by Gasteiger charge is -2.15. The van der Waals surface area contributed by atoms with Crippen molar-refractivity contribution in [1.82, 2.24) is 20.1 Å². The number of ether oxygens (including phenoxy) is 1. The van der Waals surface area contributed by atoms with Crippen LogP contribution in [0.25, 0.3) is 0 Å². The summed E-state index contributed by atoms with van der Waals surface area (Å²) in [5, 5.41) is 12.0. The van der Waals surface area contributed by atoms with Crippen molar-refractivity contribution in [2.45, 2.75) is 51.3 Å². The standard InChI is InChI=1S/C12H20N4O/c1-2-6-16-11(5-1)14-15-12(16)9-13-8-10-4-3-7-17-10/h10,13H,1-9H2. The van der Waals surface area contributed by atoms with Crippen molar-refractivity contribution in [3.8, 4) is 0 Å². The summed E-state index contributed by atoms with van der Waals surface area (Å²) < 4.78 is 7.85. The van der Waals surface area contributed by atoms with Gasteiger partial charge in [0.15, 0.2) is 0 Å². The van der Waals surface area contributed by atoms with E-state index in [-0.39, 0.29) is 0 Å². The first-order valence-corrected chi connectivity index (χ1v) is 6.67. The van der Waals surface area contributed by atoms with Crippen molar-refractivity contribution >= 4 is 0 Å². The summed E-state index contributed by atoms with van der Waals surface area (Å²) in [5.74, 6) is 2.24. The Balaban J connectivity index is 1.52. The van der Waals surface area contributed by atoms with Gasteiger partial charge in [-0.1, -0.05) is 0 Å². The molecule has 1 saturated heterocycles. The molecule has 3 heterocycles. The van der Waals surface area contributed by atoms with Crippen LogP contribution in [0.1, 0.15) is 37.3 Å². The minimum Gasteiger partial charge on any atom is -0.377 e. The van der Waals surface area contributed by atoms with Gasteiger partial charge in [-0.3, -0.25) is 0 Å². The van der Waals surface area contributed by atoms with Gasteiger partial charge in [-0.2, -0.15) is 0 Å². The molecular weight excluding hydrogens is 216 g/mol. The average molecular weight is 236 g/mol. The molecule has 0 spiro atoms. The SMILES string of the molecule is C1CCn2c(nnc2CNCC2CCCO2)C1. The van der Waals surface area contributed by atoms with Crippen LogP contribution in [0.3, 0.4) is 0 Å². The quantitative estimate of drug-likeness (QED) is 0.843. The minimum atomic E-state index is 0.402. The minimum absolute atomic E-state index is 0.402. The van der Waals surface area contributed by atoms with Crippen LogP contribution in [0, 0.1) is 0 Å². The third-order valence-electron chi connectivity index (χ3n) is 3.62. The Kier molecular flexibility index (Phi) is 3.38. The van der Waals surface area contributed by atoms with Crippen LogP contribution in [-0.4, -0.2) is 34.0 Å². The van der Waals surface area contributed by atoms with E-state index in [1.165, 1.54) is 25.7 Å². The van der Waals surface area contributed by atoms with Crippen molar-refractivity contribution in [1.29, 1.82) is 0 Å². The van der Waals surface area contributed by atoms with Gasteiger partial charge in [0.25, 0.3) is 0 Å². The number of hydrogen-bond donors (Lipinski definition) is 1. The maximum atomic E-state index is 5.58. The van der Waals surface area contributed by atoms with Crippen molar-refractivity contribution in [3.05, 3.63) is 11.6 Å². The summed E-state index contributed by atoms with van der Waals surface area (Å²) >= 11 is 0. The number of aryl methyl sites for hydroxylation is 1. The fourth-order valence-electron chi connectivity index (χ4n) is 2.65. The molecule has 2 aliphatic heterocycles. The Morgan fingerprint density at radius 1 is 1.29 bits per heavy atom. The summed E-state index contributed by atoms with van der Waals surface area (Å²) in [6.45, 7) is 3.75. The molecule has 0 aromatic carbocycles. The maximum Gasteiger partial charge on any atom is 0.147 e. The van der Waals surface area contributed by atoms with Gasteiger partial charge in [-0.05, 0) is 25.7 Å². The second-order valence-corrected chi connectivity index (χ2v) is 4.91. The molecule has 0 saturated carbocycles. The van der Waals surface area contributed by atoms with Crippen molar-refractivity contribution in [3.63, 3.8) is 0 Å². The maximum absolute atomic E-state index is 5.58. The summed E-state index contributed by atoms with van der Waals surface area (Å²) in [7, 11) is 0. The topological polar surface area (TPSA) is 52.0 Å². The zero-order valence-corrected chi connectivity index (χ0v) is 10.2. The van der Waals surface area contributed by atoms with Crippen LogP contribution >= 0.6 is 0 Å². The Labute approximate surface area is 102 Å². The molecule has 0 aliphatic carbocycles. The molecule has 94 valence electrons. The summed E-state index contributed by atoms with van der Waals surface area (Å²) in [6.07, 6.45) is 6.38. The Morgan fingerprint density at radius 2 is 2.29 bits per heavy atom. The van der Waals surface area contributed by atoms with Crippen molar-refractivity contribution < 1.29 is 4.74 Å². The molecule has 0 amide bonds. The van der Waals surface area contributed by atoms with Crippen molar-refractivity contribution in [2.24, 2.45) is 0 Å². The third-order valence-corrected chi connectivity index (χ3v) is 3.62. The molecule has 0 radical (unpaired) electrons. The van der Waals surface area contributed by atoms with E-state index in [2.05, 4.69) is 20.1 Å². The number of rotatable bonds is 4. The van der Waals surface area contributed by atoms with Gasteiger partial charge < -0.3 is 14.6 Å². The third kappa shape index (κ3) is 2.50. The van der Waals surface area contributed by atoms with Gasteiger partial charge in [0.1, 0.15) is 11.6 Å². The van der Waals surface area contributed by atoms with E-state index in [0.29, 0.717) is 6.10 Å². The van der Waals surface area contributed by atoms with E-state index in [4.69, 9.17) is 4.74 Å². The molecular formula is C12H20N4O. The molecule has 3 rings (SSSR count). The summed E-state index contributed by atoms with van der Waals surface area (Å²) in [6, 6.07) is 0. The highest BCUT2D eigenvalue weighted by molar-refractivity contribution is 4.98. The lowest BCUT2D eigenvalue weighted by Crippen LogP contribution is -2.27. The second kappa shape index (κ2) is 5.14. The Hall–Kier alpha value is -0.940. The predicted octanol–water partition coefficient (Wildman–Crippen LogP) is 0.883. The molecule has 1 atom stereocenters. The lowest BCUT2D eigenvalue weighted by molar-refractivity contribution is 0.109. The fourth-order valence-corrected chi connectivity index (χ4v) is 2.65. The fraction of sp³-hybridized carbons (Fsp3) is 0.833. The summed E-state index contributed by atoms with van der Waals surface area (Å²) in [4.78, 5) is 0. The molecule has 17 heavy (non-hydrogen) atoms. The first kappa shape index (κ1) is 11.2. The highest BCUT2D eigenvalue weighted by atomic mass is 16.5. The van der Waals surface area contributed by atoms with Gasteiger partial charge in [0, 0.05) is 26.1 Å². The van der Waals surface area contributed by atoms with Gasteiger partial charge in [0.2, 0.25) is 0 Å². The second-order valence-electron chi connectivity index (χ2n) is 4.91. The van der Waals surface area contributed by atoms with Crippen LogP contribution in [0.5, 0.6) is 0 Å². The van der Waals surface area contributed by atoms with Crippen LogP contribution in [0.2, 0.25) is 0 Å². The predicted molar refractivity (Wildman–Crippen MR) is 63.6 cm³/mol. The normalized spacial score (nSPS) is 23.9. The zero-order valence-electron chi connectivity index (χ0n) is 10.2. The highest BCUT2D eigenvalue weighted by Crippen LogP contribution is 2.14. The van der Waals surface area contributed by atoms with Crippen LogP contribution in [0.15, 0.2) is 0 Å². The summed E-state index contributed by atoms with van der Waals surface area (Å²) in [5.41, 5.74) is 0. The first-order valence-electron chi connectivity index (χ1n) is 6.67. The van der Waals surface area contributed by atoms with E-state index in [0.717, 1.165) is 44.3 Å². The zero-order chi connectivity index (χ0) is 11.5. The van der Waals surface area contributed by atoms with Gasteiger partial charge >= 0.3 is 0 Å². The Bertz CT molecular complexity index is 371. The number of nitrogens with one attached hydrogen (secondary N) is 1. The number of aromatic nitrogens is 3. The first-order chi connectivity index (χ1) is 8.43. The lowest BCUT2D eigenvalue weighted by atomic mass is 10.2. The average Bonchev–Trinajstić information content (AvgIpc) is 2.99. The molecule has 1 unspecified atom stereocenters. The number of hydrogen-bond acceptors (Lipinski definition) is 4. The molecule has 1 aromatic heterocycles. The molecule has 5 nitrogen and oxygen atoms in total. The molecule has 1 fully saturated rings. The van der Waals surface area contributed by atoms with E-state index < -0.39 is 0 Å². The smallest absolute Gasteiger partial charge is 0.147 e. The van der Waals surface area contributed by atoms with E-state index in [1.54, 1.807) is 0 Å². The highest BCUT2D eigenvalue weighted by Gasteiger charge is 2.17. The van der Waals surface area contributed by atoms with Gasteiger partial charge in [-0.25, -0.2) is 0 Å². The van der Waals surface area contributed by atoms with E-state index in [9.17, 15) is 0 Å². The number of fused-ring (bicyclic) bond motifs is 1. The van der Waals surface area contributed by atoms with Crippen LogP contribution < -0.4 is 5.32 Å². The van der Waals surface area contributed by atoms with Gasteiger partial charge in [-0.15, -0.1) is 10.2 Å². The molecule has 2 aliphatic rings. The van der Waals surface area contributed by atoms with E-state index >= 15 is 0 Å².